The highest BCUT2D eigenvalue weighted by molar-refractivity contribution is 5.94. The number of nitrogens with zero attached hydrogens (tertiary/aromatic N) is 2. The number of aromatic nitrogens is 2. The molecular formula is C24H22F6N4O3. The second-order valence-electron chi connectivity index (χ2n) is 8.69. The summed E-state index contributed by atoms with van der Waals surface area (Å²) in [6, 6.07) is 5.42. The fourth-order valence-electron chi connectivity index (χ4n) is 4.18. The quantitative estimate of drug-likeness (QED) is 0.492. The SMILES string of the molecule is Cc1nc2cc(C(F)(F)F)c([C@H](C)Oc3ccc(C(=O)N4CCN[C@H](C(F)(F)F)C4)cc3)cc2c(=O)[nH]1. The number of nitrogens with one attached hydrogen (secondary N) is 2. The fourth-order valence-corrected chi connectivity index (χ4v) is 4.18. The van der Waals surface area contributed by atoms with E-state index in [-0.39, 0.29) is 46.7 Å². The number of alkyl halides is 6. The summed E-state index contributed by atoms with van der Waals surface area (Å²) in [5, 5.41) is 2.30. The number of rotatable bonds is 4. The maximum absolute atomic E-state index is 13.8. The van der Waals surface area contributed by atoms with Gasteiger partial charge in [0.2, 0.25) is 0 Å². The lowest BCUT2D eigenvalue weighted by molar-refractivity contribution is -0.162. The first-order valence-electron chi connectivity index (χ1n) is 11.2. The Balaban J connectivity index is 1.56. The van der Waals surface area contributed by atoms with Crippen molar-refractivity contribution >= 4 is 16.8 Å². The van der Waals surface area contributed by atoms with Crippen LogP contribution in [0, 0.1) is 6.92 Å². The molecule has 37 heavy (non-hydrogen) atoms. The molecular weight excluding hydrogens is 506 g/mol. The Bertz CT molecular complexity index is 1370. The third-order valence-corrected chi connectivity index (χ3v) is 6.01. The Hall–Kier alpha value is -3.61. The number of ether oxygens (including phenoxy) is 1. The molecule has 0 spiro atoms. The molecule has 2 aromatic carbocycles. The summed E-state index contributed by atoms with van der Waals surface area (Å²) in [6.07, 6.45) is -10.4. The molecule has 2 N–H and O–H groups in total. The van der Waals surface area contributed by atoms with Crippen LogP contribution in [0.15, 0.2) is 41.2 Å². The van der Waals surface area contributed by atoms with Crippen LogP contribution in [0.1, 0.15) is 40.3 Å². The number of fused-ring (bicyclic) bond motifs is 1. The van der Waals surface area contributed by atoms with Gasteiger partial charge < -0.3 is 19.9 Å². The van der Waals surface area contributed by atoms with Crippen LogP contribution in [0.4, 0.5) is 26.3 Å². The number of piperazine rings is 1. The highest BCUT2D eigenvalue weighted by Gasteiger charge is 2.43. The third-order valence-electron chi connectivity index (χ3n) is 6.01. The second kappa shape index (κ2) is 9.69. The minimum atomic E-state index is -4.74. The predicted molar refractivity (Wildman–Crippen MR) is 121 cm³/mol. The van der Waals surface area contributed by atoms with Crippen molar-refractivity contribution in [1.29, 1.82) is 0 Å². The van der Waals surface area contributed by atoms with Gasteiger partial charge in [-0.3, -0.25) is 9.59 Å². The van der Waals surface area contributed by atoms with Gasteiger partial charge in [-0.1, -0.05) is 0 Å². The zero-order valence-corrected chi connectivity index (χ0v) is 19.6. The van der Waals surface area contributed by atoms with Gasteiger partial charge in [-0.25, -0.2) is 4.98 Å². The standard InChI is InChI=1S/C24H22F6N4O3/c1-12(16-9-17-19(10-18(16)23(25,26)27)32-13(2)33-21(17)35)37-15-5-3-14(4-6-15)22(36)34-8-7-31-20(11-34)24(28,29)30/h3-6,9-10,12,20,31H,7-8,11H2,1-2H3,(H,32,33,35)/t12-,20-/m0/s1. The van der Waals surface area contributed by atoms with E-state index in [4.69, 9.17) is 4.74 Å². The number of amides is 1. The first-order valence-corrected chi connectivity index (χ1v) is 11.2. The number of halogens is 6. The highest BCUT2D eigenvalue weighted by atomic mass is 19.4. The lowest BCUT2D eigenvalue weighted by Gasteiger charge is -2.34. The molecule has 1 aliphatic rings. The van der Waals surface area contributed by atoms with E-state index in [9.17, 15) is 35.9 Å². The summed E-state index contributed by atoms with van der Waals surface area (Å²) in [4.78, 5) is 32.5. The molecule has 0 radical (unpaired) electrons. The number of aryl methyl sites for hydroxylation is 1. The van der Waals surface area contributed by atoms with E-state index in [0.717, 1.165) is 17.0 Å². The van der Waals surface area contributed by atoms with Gasteiger partial charge in [0.25, 0.3) is 11.5 Å². The third kappa shape index (κ3) is 5.71. The molecule has 1 aliphatic heterocycles. The summed E-state index contributed by atoms with van der Waals surface area (Å²) in [5.41, 5.74) is -1.87. The lowest BCUT2D eigenvalue weighted by atomic mass is 9.99. The van der Waals surface area contributed by atoms with Crippen molar-refractivity contribution in [2.75, 3.05) is 19.6 Å². The zero-order chi connectivity index (χ0) is 27.1. The molecule has 1 aromatic heterocycles. The van der Waals surface area contributed by atoms with Crippen molar-refractivity contribution in [3.05, 3.63) is 69.3 Å². The first-order chi connectivity index (χ1) is 17.2. The van der Waals surface area contributed by atoms with E-state index in [1.807, 2.05) is 0 Å². The summed E-state index contributed by atoms with van der Waals surface area (Å²) < 4.78 is 86.1. The molecule has 1 fully saturated rings. The molecule has 13 heteroatoms. The minimum Gasteiger partial charge on any atom is -0.486 e. The fraction of sp³-hybridized carbons (Fsp3) is 0.375. The number of H-pyrrole nitrogens is 1. The van der Waals surface area contributed by atoms with Crippen molar-refractivity contribution in [2.24, 2.45) is 0 Å². The van der Waals surface area contributed by atoms with Crippen LogP contribution in [0.25, 0.3) is 10.9 Å². The summed E-state index contributed by atoms with van der Waals surface area (Å²) >= 11 is 0. The Kier molecular flexibility index (Phi) is 6.93. The number of carbonyl (C=O) groups is 1. The topological polar surface area (TPSA) is 87.3 Å². The number of benzene rings is 2. The summed E-state index contributed by atoms with van der Waals surface area (Å²) in [7, 11) is 0. The van der Waals surface area contributed by atoms with Gasteiger partial charge in [0, 0.05) is 30.8 Å². The Morgan fingerprint density at radius 3 is 2.43 bits per heavy atom. The largest absolute Gasteiger partial charge is 0.486 e. The monoisotopic (exact) mass is 528 g/mol. The van der Waals surface area contributed by atoms with Crippen molar-refractivity contribution < 1.29 is 35.9 Å². The Labute approximate surface area is 206 Å². The average molecular weight is 528 g/mol. The van der Waals surface area contributed by atoms with Gasteiger partial charge in [-0.15, -0.1) is 0 Å². The van der Waals surface area contributed by atoms with E-state index < -0.39 is 48.1 Å². The highest BCUT2D eigenvalue weighted by Crippen LogP contribution is 2.37. The van der Waals surface area contributed by atoms with E-state index in [1.54, 1.807) is 0 Å². The summed E-state index contributed by atoms with van der Waals surface area (Å²) in [6.45, 7) is 2.38. The van der Waals surface area contributed by atoms with Crippen LogP contribution < -0.4 is 15.6 Å². The van der Waals surface area contributed by atoms with E-state index >= 15 is 0 Å². The normalized spacial score (nSPS) is 17.6. The number of hydrogen-bond donors (Lipinski definition) is 2. The Morgan fingerprint density at radius 2 is 1.81 bits per heavy atom. The van der Waals surface area contributed by atoms with E-state index in [2.05, 4.69) is 15.3 Å². The number of hydrogen-bond acceptors (Lipinski definition) is 5. The van der Waals surface area contributed by atoms with Crippen LogP contribution in [-0.2, 0) is 6.18 Å². The predicted octanol–water partition coefficient (Wildman–Crippen LogP) is 4.37. The molecule has 2 atom stereocenters. The van der Waals surface area contributed by atoms with Crippen LogP contribution >= 0.6 is 0 Å². The van der Waals surface area contributed by atoms with Gasteiger partial charge in [0.15, 0.2) is 0 Å². The van der Waals surface area contributed by atoms with Crippen molar-refractivity contribution in [1.82, 2.24) is 20.2 Å². The van der Waals surface area contributed by atoms with Gasteiger partial charge >= 0.3 is 12.4 Å². The van der Waals surface area contributed by atoms with Crippen molar-refractivity contribution in [3.63, 3.8) is 0 Å². The van der Waals surface area contributed by atoms with Gasteiger partial charge in [0.1, 0.15) is 23.7 Å². The van der Waals surface area contributed by atoms with Crippen molar-refractivity contribution in [3.8, 4) is 5.75 Å². The zero-order valence-electron chi connectivity index (χ0n) is 19.6. The molecule has 0 unspecified atom stereocenters. The van der Waals surface area contributed by atoms with E-state index in [1.165, 1.54) is 38.1 Å². The van der Waals surface area contributed by atoms with Gasteiger partial charge in [-0.05, 0) is 50.2 Å². The van der Waals surface area contributed by atoms with E-state index in [0.29, 0.717) is 0 Å². The lowest BCUT2D eigenvalue weighted by Crippen LogP contribution is -2.58. The molecule has 7 nitrogen and oxygen atoms in total. The number of carbonyl (C=O) groups excluding carboxylic acids is 1. The minimum absolute atomic E-state index is 0.0140. The van der Waals surface area contributed by atoms with Gasteiger partial charge in [0.05, 0.1) is 16.5 Å². The number of aromatic amines is 1. The molecule has 0 aliphatic carbocycles. The molecule has 2 heterocycles. The van der Waals surface area contributed by atoms with Crippen LogP contribution in [0.2, 0.25) is 0 Å². The molecule has 0 bridgehead atoms. The smallest absolute Gasteiger partial charge is 0.416 e. The second-order valence-corrected chi connectivity index (χ2v) is 8.69. The average Bonchev–Trinajstić information content (AvgIpc) is 2.82. The summed E-state index contributed by atoms with van der Waals surface area (Å²) in [5.74, 6) is -0.306. The molecule has 4 rings (SSSR count). The Morgan fingerprint density at radius 1 is 1.14 bits per heavy atom. The maximum atomic E-state index is 13.8. The van der Waals surface area contributed by atoms with Gasteiger partial charge in [-0.2, -0.15) is 26.3 Å². The maximum Gasteiger partial charge on any atom is 0.416 e. The molecule has 0 saturated carbocycles. The first kappa shape index (κ1) is 26.5. The van der Waals surface area contributed by atoms with Crippen LogP contribution in [0.5, 0.6) is 5.75 Å². The molecule has 1 amide bonds. The van der Waals surface area contributed by atoms with Crippen molar-refractivity contribution in [2.45, 2.75) is 38.3 Å². The molecule has 3 aromatic rings. The van der Waals surface area contributed by atoms with Crippen LogP contribution in [0.3, 0.4) is 0 Å². The molecule has 1 saturated heterocycles. The molecule has 198 valence electrons. The van der Waals surface area contributed by atoms with Crippen LogP contribution in [-0.4, -0.2) is 52.6 Å².